The van der Waals surface area contributed by atoms with E-state index >= 15 is 0 Å². The number of nitrogens with zero attached hydrogens (tertiary/aromatic N) is 1. The summed E-state index contributed by atoms with van der Waals surface area (Å²) in [5.74, 6) is 0. The maximum atomic E-state index is 4.18. The van der Waals surface area contributed by atoms with Crippen molar-refractivity contribution in [3.05, 3.63) is 41.4 Å². The molecule has 1 nitrogen and oxygen atoms in total. The molecule has 0 N–H and O–H groups in total. The molecular weight excluding hydrogens is 173 g/mol. The average molecular weight is 181 g/mol. The van der Waals surface area contributed by atoms with Gasteiger partial charge in [-0.25, -0.2) is 11.3 Å². The number of aromatic nitrogens is 1. The van der Waals surface area contributed by atoms with Gasteiger partial charge in [0.15, 0.2) is 0 Å². The number of aryl methyl sites for hydroxylation is 1. The van der Waals surface area contributed by atoms with E-state index in [2.05, 4.69) is 23.3 Å². The Bertz CT molecular complexity index is 369. The summed E-state index contributed by atoms with van der Waals surface area (Å²) in [6, 6.07) is 10.2. The first-order valence-corrected chi connectivity index (χ1v) is 4.58. The minimum absolute atomic E-state index is 0. The zero-order valence-electron chi connectivity index (χ0n) is 7.74. The molecular formula is C10H8LiNS. The molecule has 0 saturated carbocycles. The van der Waals surface area contributed by atoms with Gasteiger partial charge >= 0.3 is 18.9 Å². The van der Waals surface area contributed by atoms with Crippen LogP contribution in [0.1, 0.15) is 4.88 Å². The fourth-order valence-corrected chi connectivity index (χ4v) is 1.75. The molecule has 2 rings (SSSR count). The summed E-state index contributed by atoms with van der Waals surface area (Å²) in [4.78, 5) is 5.31. The minimum Gasteiger partial charge on any atom is -0.441 e. The van der Waals surface area contributed by atoms with E-state index in [-0.39, 0.29) is 18.9 Å². The molecule has 60 valence electrons. The molecule has 2 aromatic rings. The van der Waals surface area contributed by atoms with Crippen LogP contribution in [0.5, 0.6) is 0 Å². The second-order valence-electron chi connectivity index (χ2n) is 2.55. The van der Waals surface area contributed by atoms with Crippen LogP contribution in [-0.4, -0.2) is 4.98 Å². The zero-order chi connectivity index (χ0) is 8.39. The van der Waals surface area contributed by atoms with Crippen LogP contribution in [0.2, 0.25) is 0 Å². The standard InChI is InChI=1S/C10H8NS.Li/c1-8-7-11-10(12-8)9-5-3-2-4-6-9;/h2-6H,1H3;/q-1;+1. The Morgan fingerprint density at radius 3 is 2.46 bits per heavy atom. The van der Waals surface area contributed by atoms with Crippen LogP contribution in [-0.2, 0) is 0 Å². The van der Waals surface area contributed by atoms with Crippen molar-refractivity contribution >= 4 is 11.3 Å². The van der Waals surface area contributed by atoms with Crippen molar-refractivity contribution in [2.24, 2.45) is 0 Å². The molecule has 0 spiro atoms. The molecule has 0 aliphatic rings. The third-order valence-electron chi connectivity index (χ3n) is 1.59. The van der Waals surface area contributed by atoms with Gasteiger partial charge in [0.05, 0.1) is 0 Å². The first kappa shape index (κ1) is 10.5. The van der Waals surface area contributed by atoms with E-state index in [0.29, 0.717) is 0 Å². The van der Waals surface area contributed by atoms with Crippen molar-refractivity contribution in [1.82, 2.24) is 4.98 Å². The van der Waals surface area contributed by atoms with E-state index in [1.54, 1.807) is 11.3 Å². The predicted molar refractivity (Wildman–Crippen MR) is 51.1 cm³/mol. The molecule has 0 fully saturated rings. The smallest absolute Gasteiger partial charge is 0.441 e. The number of hydrogen-bond donors (Lipinski definition) is 0. The van der Waals surface area contributed by atoms with Crippen LogP contribution in [0.4, 0.5) is 0 Å². The van der Waals surface area contributed by atoms with Crippen LogP contribution in [0, 0.1) is 13.1 Å². The van der Waals surface area contributed by atoms with Gasteiger partial charge in [0.25, 0.3) is 0 Å². The van der Waals surface area contributed by atoms with Gasteiger partial charge < -0.3 is 4.98 Å². The molecule has 1 aromatic carbocycles. The number of benzene rings is 1. The van der Waals surface area contributed by atoms with Gasteiger partial charge in [-0.1, -0.05) is 40.8 Å². The van der Waals surface area contributed by atoms with Gasteiger partial charge in [0.1, 0.15) is 0 Å². The third-order valence-corrected chi connectivity index (χ3v) is 2.50. The molecule has 3 heteroatoms. The Kier molecular flexibility index (Phi) is 3.74. The quantitative estimate of drug-likeness (QED) is 0.443. The summed E-state index contributed by atoms with van der Waals surface area (Å²) in [6.07, 6.45) is 2.94. The summed E-state index contributed by atoms with van der Waals surface area (Å²) < 4.78 is 0. The van der Waals surface area contributed by atoms with Crippen LogP contribution in [0.3, 0.4) is 0 Å². The van der Waals surface area contributed by atoms with E-state index in [4.69, 9.17) is 0 Å². The van der Waals surface area contributed by atoms with Crippen LogP contribution in [0.15, 0.2) is 30.3 Å². The SMILES string of the molecule is Cc1[c-]nc(-c2ccccc2)s1.[Li+]. The Morgan fingerprint density at radius 1 is 1.23 bits per heavy atom. The Balaban J connectivity index is 0.000000845. The Morgan fingerprint density at radius 2 is 1.92 bits per heavy atom. The average Bonchev–Trinajstić information content (AvgIpc) is 2.54. The van der Waals surface area contributed by atoms with Crippen LogP contribution < -0.4 is 18.9 Å². The van der Waals surface area contributed by atoms with Gasteiger partial charge in [-0.15, -0.1) is 6.20 Å². The van der Waals surface area contributed by atoms with E-state index in [1.165, 1.54) is 5.56 Å². The topological polar surface area (TPSA) is 12.9 Å². The van der Waals surface area contributed by atoms with Gasteiger partial charge in [-0.2, -0.15) is 0 Å². The molecule has 0 saturated heterocycles. The monoisotopic (exact) mass is 181 g/mol. The molecule has 0 bridgehead atoms. The molecule has 0 amide bonds. The molecule has 13 heavy (non-hydrogen) atoms. The maximum absolute atomic E-state index is 4.18. The summed E-state index contributed by atoms with van der Waals surface area (Å²) in [5.41, 5.74) is 1.17. The van der Waals surface area contributed by atoms with Gasteiger partial charge in [0, 0.05) is 0 Å². The summed E-state index contributed by atoms with van der Waals surface area (Å²) >= 11 is 1.67. The van der Waals surface area contributed by atoms with Crippen molar-refractivity contribution in [1.29, 1.82) is 0 Å². The largest absolute Gasteiger partial charge is 1.00 e. The Labute approximate surface area is 94.0 Å². The second-order valence-corrected chi connectivity index (χ2v) is 3.76. The maximum Gasteiger partial charge on any atom is 1.00 e. The predicted octanol–water partition coefficient (Wildman–Crippen LogP) is -0.0773. The van der Waals surface area contributed by atoms with Crippen molar-refractivity contribution < 1.29 is 18.9 Å². The summed E-state index contributed by atoms with van der Waals surface area (Å²) in [6.45, 7) is 2.02. The second kappa shape index (κ2) is 4.62. The van der Waals surface area contributed by atoms with Crippen molar-refractivity contribution in [3.63, 3.8) is 0 Å². The third kappa shape index (κ3) is 2.44. The van der Waals surface area contributed by atoms with E-state index in [0.717, 1.165) is 9.88 Å². The first-order chi connectivity index (χ1) is 5.86. The van der Waals surface area contributed by atoms with Gasteiger partial charge in [0.2, 0.25) is 0 Å². The molecule has 0 atom stereocenters. The minimum atomic E-state index is 0. The molecule has 1 heterocycles. The Hall–Kier alpha value is -0.553. The van der Waals surface area contributed by atoms with E-state index in [1.807, 2.05) is 25.1 Å². The normalized spacial score (nSPS) is 9.31. The van der Waals surface area contributed by atoms with Crippen molar-refractivity contribution in [3.8, 4) is 10.6 Å². The summed E-state index contributed by atoms with van der Waals surface area (Å²) in [5, 5.41) is 1.05. The van der Waals surface area contributed by atoms with Crippen LogP contribution >= 0.6 is 11.3 Å². The van der Waals surface area contributed by atoms with Gasteiger partial charge in [-0.3, -0.25) is 0 Å². The molecule has 0 radical (unpaired) electrons. The van der Waals surface area contributed by atoms with E-state index < -0.39 is 0 Å². The number of rotatable bonds is 1. The first-order valence-electron chi connectivity index (χ1n) is 3.77. The zero-order valence-corrected chi connectivity index (χ0v) is 8.56. The molecule has 1 aromatic heterocycles. The van der Waals surface area contributed by atoms with Crippen molar-refractivity contribution in [2.45, 2.75) is 6.92 Å². The molecule has 0 unspecified atom stereocenters. The van der Waals surface area contributed by atoms with Gasteiger partial charge in [-0.05, 0) is 11.9 Å². The molecule has 0 aliphatic heterocycles. The van der Waals surface area contributed by atoms with Crippen LogP contribution in [0.25, 0.3) is 10.6 Å². The fourth-order valence-electron chi connectivity index (χ4n) is 1.02. The molecule has 0 aliphatic carbocycles. The van der Waals surface area contributed by atoms with E-state index in [9.17, 15) is 0 Å². The number of thiazole rings is 1. The van der Waals surface area contributed by atoms with Crippen molar-refractivity contribution in [2.75, 3.05) is 0 Å². The fraction of sp³-hybridized carbons (Fsp3) is 0.100. The number of hydrogen-bond acceptors (Lipinski definition) is 2. The summed E-state index contributed by atoms with van der Waals surface area (Å²) in [7, 11) is 0.